The van der Waals surface area contributed by atoms with E-state index in [-0.39, 0.29) is 30.1 Å². The number of fused-ring (bicyclic) bond motifs is 15. The lowest BCUT2D eigenvalue weighted by atomic mass is 9.58. The van der Waals surface area contributed by atoms with Crippen molar-refractivity contribution in [1.29, 1.82) is 0 Å². The summed E-state index contributed by atoms with van der Waals surface area (Å²) in [5.74, 6) is -4.23. The van der Waals surface area contributed by atoms with Crippen molar-refractivity contribution in [2.24, 2.45) is 40.6 Å². The Labute approximate surface area is 162 Å². The van der Waals surface area contributed by atoms with Crippen molar-refractivity contribution in [2.45, 2.75) is 42.8 Å². The Morgan fingerprint density at radius 2 is 1.52 bits per heavy atom. The van der Waals surface area contributed by atoms with Gasteiger partial charge in [-0.15, -0.1) is 0 Å². The smallest absolute Gasteiger partial charge is 0.362 e. The molecule has 29 heavy (non-hydrogen) atoms. The predicted molar refractivity (Wildman–Crippen MR) is 89.7 cm³/mol. The zero-order valence-electron chi connectivity index (χ0n) is 15.0. The van der Waals surface area contributed by atoms with E-state index in [4.69, 9.17) is 0 Å². The number of rotatable bonds is 0. The van der Waals surface area contributed by atoms with Gasteiger partial charge in [-0.1, -0.05) is 24.3 Å². The molecule has 9 atom stereocenters. The molecule has 1 aromatic carbocycles. The van der Waals surface area contributed by atoms with Crippen LogP contribution >= 0.6 is 0 Å². The van der Waals surface area contributed by atoms with Gasteiger partial charge in [-0.05, 0) is 59.5 Å². The number of benzene rings is 1. The van der Waals surface area contributed by atoms with Crippen molar-refractivity contribution >= 4 is 5.71 Å². The second kappa shape index (κ2) is 5.10. The summed E-state index contributed by atoms with van der Waals surface area (Å²) in [6, 6.07) is 7.78. The first-order chi connectivity index (χ1) is 13.5. The van der Waals surface area contributed by atoms with E-state index in [2.05, 4.69) is 5.10 Å². The standard InChI is InChI=1S/C20H18F6N2O/c21-19(22,23)17-15-11-6-12(16(15)18(29,28-27-17)20(24,25)26)14-10-5-9(13(11)14)7-3-1-2-4-8(7)10/h1-4,9-16,28-29H,5-6H2/t9-,10+,11-,12+,13-,14+,15-,16+,18-/m1/s1. The first-order valence-electron chi connectivity index (χ1n) is 9.84. The molecule has 6 rings (SSSR count). The topological polar surface area (TPSA) is 44.6 Å². The average molecular weight is 416 g/mol. The van der Waals surface area contributed by atoms with Crippen molar-refractivity contribution in [1.82, 2.24) is 5.43 Å². The van der Waals surface area contributed by atoms with E-state index in [1.165, 1.54) is 5.43 Å². The van der Waals surface area contributed by atoms with Crippen LogP contribution in [0.15, 0.2) is 29.4 Å². The summed E-state index contributed by atoms with van der Waals surface area (Å²) in [5, 5.41) is 13.6. The lowest BCUT2D eigenvalue weighted by Gasteiger charge is -2.51. The first-order valence-corrected chi connectivity index (χ1v) is 9.84. The van der Waals surface area contributed by atoms with Crippen LogP contribution in [0.1, 0.15) is 35.8 Å². The summed E-state index contributed by atoms with van der Waals surface area (Å²) in [4.78, 5) is 0. The van der Waals surface area contributed by atoms with Crippen LogP contribution in [0.5, 0.6) is 0 Å². The Morgan fingerprint density at radius 1 is 0.931 bits per heavy atom. The van der Waals surface area contributed by atoms with Crippen LogP contribution in [0.25, 0.3) is 0 Å². The highest BCUT2D eigenvalue weighted by atomic mass is 19.4. The van der Waals surface area contributed by atoms with Crippen LogP contribution in [0, 0.1) is 35.5 Å². The number of alkyl halides is 6. The SMILES string of the molecule is O[C@]1(C(F)(F)F)NN=C(C(F)(F)F)[C@@H]2[C@@H]3C[C@@H]([C@H]4[C@@H]3[C@@H]3C[C@H]4c4ccccc43)[C@@H]21. The maximum absolute atomic E-state index is 13.8. The first kappa shape index (κ1) is 18.0. The molecule has 9 heteroatoms. The third-order valence-electron chi connectivity index (χ3n) is 8.39. The molecule has 0 aromatic heterocycles. The Bertz CT molecular complexity index is 926. The Hall–Kier alpha value is -1.77. The fourth-order valence-corrected chi connectivity index (χ4v) is 7.82. The quantitative estimate of drug-likeness (QED) is 0.493. The van der Waals surface area contributed by atoms with E-state index in [9.17, 15) is 31.4 Å². The number of hydrogen-bond acceptors (Lipinski definition) is 3. The van der Waals surface area contributed by atoms with Crippen molar-refractivity contribution in [2.75, 3.05) is 0 Å². The number of hydrazone groups is 1. The highest BCUT2D eigenvalue weighted by Crippen LogP contribution is 2.75. The maximum Gasteiger partial charge on any atom is 0.438 e. The molecule has 3 fully saturated rings. The molecule has 4 bridgehead atoms. The molecule has 0 saturated heterocycles. The lowest BCUT2D eigenvalue weighted by molar-refractivity contribution is -0.307. The number of hydrogen-bond donors (Lipinski definition) is 2. The van der Waals surface area contributed by atoms with Crippen molar-refractivity contribution in [3.8, 4) is 0 Å². The van der Waals surface area contributed by atoms with Crippen LogP contribution in [0.4, 0.5) is 26.3 Å². The number of halogens is 6. The van der Waals surface area contributed by atoms with Gasteiger partial charge in [0.05, 0.1) is 0 Å². The van der Waals surface area contributed by atoms with Crippen LogP contribution in [-0.4, -0.2) is 28.9 Å². The fourth-order valence-electron chi connectivity index (χ4n) is 7.82. The molecule has 0 amide bonds. The second-order valence-corrected chi connectivity index (χ2v) is 9.22. The van der Waals surface area contributed by atoms with Crippen LogP contribution in [0.3, 0.4) is 0 Å². The molecule has 0 unspecified atom stereocenters. The summed E-state index contributed by atoms with van der Waals surface area (Å²) >= 11 is 0. The molecule has 156 valence electrons. The molecule has 3 nitrogen and oxygen atoms in total. The molecule has 1 aliphatic heterocycles. The monoisotopic (exact) mass is 416 g/mol. The minimum atomic E-state index is -5.12. The average Bonchev–Trinajstić information content (AvgIpc) is 3.37. The van der Waals surface area contributed by atoms with Gasteiger partial charge in [0.15, 0.2) is 0 Å². The Kier molecular flexibility index (Phi) is 3.17. The molecule has 1 aromatic rings. The van der Waals surface area contributed by atoms with E-state index in [0.717, 1.165) is 17.5 Å². The second-order valence-electron chi connectivity index (χ2n) is 9.22. The fraction of sp³-hybridized carbons (Fsp3) is 0.650. The van der Waals surface area contributed by atoms with Gasteiger partial charge in [-0.3, -0.25) is 5.43 Å². The van der Waals surface area contributed by atoms with Crippen LogP contribution in [-0.2, 0) is 0 Å². The molecule has 5 aliphatic rings. The van der Waals surface area contributed by atoms with Crippen LogP contribution in [0.2, 0.25) is 0 Å². The minimum Gasteiger partial charge on any atom is -0.362 e. The zero-order valence-corrected chi connectivity index (χ0v) is 15.0. The number of aliphatic hydroxyl groups is 1. The van der Waals surface area contributed by atoms with Crippen molar-refractivity contribution in [3.05, 3.63) is 35.4 Å². The maximum atomic E-state index is 13.8. The molecule has 3 saturated carbocycles. The summed E-state index contributed by atoms with van der Waals surface area (Å²) < 4.78 is 82.5. The minimum absolute atomic E-state index is 0.0582. The van der Waals surface area contributed by atoms with Gasteiger partial charge >= 0.3 is 12.4 Å². The molecule has 4 aliphatic carbocycles. The third-order valence-corrected chi connectivity index (χ3v) is 8.39. The van der Waals surface area contributed by atoms with E-state index in [0.29, 0.717) is 0 Å². The summed E-state index contributed by atoms with van der Waals surface area (Å²) in [6.07, 6.45) is -8.90. The van der Waals surface area contributed by atoms with Gasteiger partial charge in [0, 0.05) is 11.8 Å². The van der Waals surface area contributed by atoms with Crippen molar-refractivity contribution < 1.29 is 31.4 Å². The number of nitrogens with zero attached hydrogens (tertiary/aromatic N) is 1. The zero-order chi connectivity index (χ0) is 20.5. The number of nitrogens with one attached hydrogen (secondary N) is 1. The largest absolute Gasteiger partial charge is 0.438 e. The summed E-state index contributed by atoms with van der Waals surface area (Å²) in [7, 11) is 0. The van der Waals surface area contributed by atoms with Gasteiger partial charge in [0.25, 0.3) is 5.72 Å². The molecular formula is C20H18F6N2O. The van der Waals surface area contributed by atoms with E-state index < -0.39 is 47.5 Å². The normalized spacial score (nSPS) is 46.8. The van der Waals surface area contributed by atoms with E-state index >= 15 is 0 Å². The van der Waals surface area contributed by atoms with E-state index in [1.54, 1.807) is 0 Å². The molecule has 0 radical (unpaired) electrons. The predicted octanol–water partition coefficient (Wildman–Crippen LogP) is 4.16. The van der Waals surface area contributed by atoms with Gasteiger partial charge < -0.3 is 5.11 Å². The Morgan fingerprint density at radius 3 is 2.07 bits per heavy atom. The highest BCUT2D eigenvalue weighted by molar-refractivity contribution is 5.93. The van der Waals surface area contributed by atoms with E-state index in [1.807, 2.05) is 24.3 Å². The van der Waals surface area contributed by atoms with Gasteiger partial charge in [-0.25, -0.2) is 0 Å². The van der Waals surface area contributed by atoms with Crippen molar-refractivity contribution in [3.63, 3.8) is 0 Å². The van der Waals surface area contributed by atoms with Gasteiger partial charge in [-0.2, -0.15) is 31.4 Å². The van der Waals surface area contributed by atoms with Gasteiger partial charge in [0.1, 0.15) is 5.71 Å². The van der Waals surface area contributed by atoms with Crippen LogP contribution < -0.4 is 5.43 Å². The molecule has 2 N–H and O–H groups in total. The molecule has 1 heterocycles. The lowest BCUT2D eigenvalue weighted by Crippen LogP contribution is -2.68. The Balaban J connectivity index is 1.50. The van der Waals surface area contributed by atoms with Gasteiger partial charge in [0.2, 0.25) is 0 Å². The summed E-state index contributed by atoms with van der Waals surface area (Å²) in [6.45, 7) is 0. The highest BCUT2D eigenvalue weighted by Gasteiger charge is 2.77. The molecule has 0 spiro atoms. The third kappa shape index (κ3) is 1.98. The molecular weight excluding hydrogens is 398 g/mol. The summed E-state index contributed by atoms with van der Waals surface area (Å²) in [5.41, 5.74) is -0.888.